The van der Waals surface area contributed by atoms with Gasteiger partial charge in [-0.2, -0.15) is 0 Å². The van der Waals surface area contributed by atoms with Gasteiger partial charge in [0.25, 0.3) is 5.91 Å². The third kappa shape index (κ3) is 3.47. The van der Waals surface area contributed by atoms with Gasteiger partial charge in [-0.3, -0.25) is 4.79 Å². The first kappa shape index (κ1) is 13.9. The Hall–Kier alpha value is -1.55. The maximum absolute atomic E-state index is 12.3. The molecule has 0 aliphatic heterocycles. The van der Waals surface area contributed by atoms with Crippen LogP contribution in [0.25, 0.3) is 0 Å². The number of hydrogen-bond acceptors (Lipinski definition) is 3. The van der Waals surface area contributed by atoms with E-state index >= 15 is 0 Å². The van der Waals surface area contributed by atoms with Crippen molar-refractivity contribution in [2.24, 2.45) is 0 Å². The van der Waals surface area contributed by atoms with E-state index in [1.54, 1.807) is 0 Å². The quantitative estimate of drug-likeness (QED) is 0.779. The predicted molar refractivity (Wildman–Crippen MR) is 76.3 cm³/mol. The average molecular weight is 262 g/mol. The first-order valence-corrected chi connectivity index (χ1v) is 7.04. The van der Waals surface area contributed by atoms with E-state index < -0.39 is 6.10 Å². The highest BCUT2D eigenvalue weighted by Crippen LogP contribution is 2.20. The third-order valence-corrected chi connectivity index (χ3v) is 3.58. The van der Waals surface area contributed by atoms with Crippen LogP contribution >= 0.6 is 0 Å². The van der Waals surface area contributed by atoms with E-state index in [-0.39, 0.29) is 11.9 Å². The summed E-state index contributed by atoms with van der Waals surface area (Å²) in [5.74, 6) is -0.109. The molecular formula is C15H22N2O2. The number of aliphatic hydroxyl groups is 1. The molecule has 1 aromatic rings. The number of carbonyl (C=O) groups is 1. The Morgan fingerprint density at radius 1 is 1.32 bits per heavy atom. The van der Waals surface area contributed by atoms with Gasteiger partial charge in [-0.05, 0) is 31.9 Å². The fourth-order valence-corrected chi connectivity index (χ4v) is 2.55. The van der Waals surface area contributed by atoms with Crippen LogP contribution in [0.1, 0.15) is 43.0 Å². The molecule has 1 amide bonds. The zero-order valence-corrected chi connectivity index (χ0v) is 11.4. The van der Waals surface area contributed by atoms with Gasteiger partial charge in [0.1, 0.15) is 0 Å². The zero-order chi connectivity index (χ0) is 13.7. The number of benzene rings is 1. The second kappa shape index (κ2) is 6.57. The molecule has 104 valence electrons. The van der Waals surface area contributed by atoms with Gasteiger partial charge in [-0.25, -0.2) is 0 Å². The van der Waals surface area contributed by atoms with E-state index in [0.29, 0.717) is 5.56 Å². The van der Waals surface area contributed by atoms with E-state index in [4.69, 9.17) is 0 Å². The Morgan fingerprint density at radius 3 is 2.79 bits per heavy atom. The van der Waals surface area contributed by atoms with E-state index in [1.165, 1.54) is 0 Å². The van der Waals surface area contributed by atoms with Gasteiger partial charge in [0.15, 0.2) is 0 Å². The largest absolute Gasteiger partial charge is 0.391 e. The minimum Gasteiger partial charge on any atom is -0.391 e. The Kier molecular flexibility index (Phi) is 4.80. The van der Waals surface area contributed by atoms with Crippen LogP contribution in [0, 0.1) is 0 Å². The van der Waals surface area contributed by atoms with Crippen LogP contribution in [-0.2, 0) is 0 Å². The van der Waals surface area contributed by atoms with Gasteiger partial charge in [0.05, 0.1) is 17.7 Å². The number of carbonyl (C=O) groups excluding carboxylic acids is 1. The lowest BCUT2D eigenvalue weighted by molar-refractivity contribution is 0.0718. The van der Waals surface area contributed by atoms with Crippen LogP contribution < -0.4 is 10.6 Å². The molecule has 1 saturated carbocycles. The van der Waals surface area contributed by atoms with Gasteiger partial charge in [-0.15, -0.1) is 0 Å². The van der Waals surface area contributed by atoms with Crippen LogP contribution in [0.4, 0.5) is 5.69 Å². The van der Waals surface area contributed by atoms with Crippen molar-refractivity contribution in [2.75, 3.05) is 11.9 Å². The summed E-state index contributed by atoms with van der Waals surface area (Å²) in [5, 5.41) is 16.0. The highest BCUT2D eigenvalue weighted by atomic mass is 16.3. The van der Waals surface area contributed by atoms with E-state index in [2.05, 4.69) is 10.6 Å². The molecule has 4 nitrogen and oxygen atoms in total. The molecule has 2 rings (SSSR count). The van der Waals surface area contributed by atoms with Crippen LogP contribution in [0.2, 0.25) is 0 Å². The molecule has 0 radical (unpaired) electrons. The van der Waals surface area contributed by atoms with Crippen molar-refractivity contribution in [1.82, 2.24) is 5.32 Å². The van der Waals surface area contributed by atoms with Gasteiger partial charge < -0.3 is 15.7 Å². The summed E-state index contributed by atoms with van der Waals surface area (Å²) in [5.41, 5.74) is 1.48. The van der Waals surface area contributed by atoms with E-state index in [1.807, 2.05) is 31.2 Å². The number of amides is 1. The van der Waals surface area contributed by atoms with Crippen molar-refractivity contribution in [3.05, 3.63) is 29.8 Å². The third-order valence-electron chi connectivity index (χ3n) is 3.58. The summed E-state index contributed by atoms with van der Waals surface area (Å²) in [6.45, 7) is 2.77. The maximum atomic E-state index is 12.3. The number of rotatable bonds is 4. The summed E-state index contributed by atoms with van der Waals surface area (Å²) in [6, 6.07) is 7.35. The average Bonchev–Trinajstić information content (AvgIpc) is 2.42. The van der Waals surface area contributed by atoms with Crippen LogP contribution in [0.5, 0.6) is 0 Å². The van der Waals surface area contributed by atoms with Gasteiger partial charge in [-0.1, -0.05) is 25.0 Å². The highest BCUT2D eigenvalue weighted by Gasteiger charge is 2.25. The van der Waals surface area contributed by atoms with Crippen LogP contribution in [-0.4, -0.2) is 29.7 Å². The number of aliphatic hydroxyl groups excluding tert-OH is 1. The number of hydrogen-bond donors (Lipinski definition) is 3. The summed E-state index contributed by atoms with van der Waals surface area (Å²) in [6.07, 6.45) is 3.33. The summed E-state index contributed by atoms with van der Waals surface area (Å²) >= 11 is 0. The van der Waals surface area contributed by atoms with Gasteiger partial charge in [0, 0.05) is 12.2 Å². The van der Waals surface area contributed by atoms with Crippen molar-refractivity contribution in [1.29, 1.82) is 0 Å². The molecule has 1 aromatic carbocycles. The first-order valence-electron chi connectivity index (χ1n) is 7.04. The zero-order valence-electron chi connectivity index (χ0n) is 11.4. The maximum Gasteiger partial charge on any atom is 0.253 e. The number of para-hydroxylation sites is 1. The summed E-state index contributed by atoms with van der Waals surface area (Å²) in [4.78, 5) is 12.3. The number of anilines is 1. The Labute approximate surface area is 114 Å². The van der Waals surface area contributed by atoms with Crippen molar-refractivity contribution in [3.8, 4) is 0 Å². The van der Waals surface area contributed by atoms with Crippen LogP contribution in [0.15, 0.2) is 24.3 Å². The molecule has 0 aromatic heterocycles. The molecule has 1 aliphatic rings. The second-order valence-corrected chi connectivity index (χ2v) is 5.01. The smallest absolute Gasteiger partial charge is 0.253 e. The fourth-order valence-electron chi connectivity index (χ4n) is 2.55. The van der Waals surface area contributed by atoms with Crippen molar-refractivity contribution < 1.29 is 9.90 Å². The highest BCUT2D eigenvalue weighted by molar-refractivity contribution is 5.99. The lowest BCUT2D eigenvalue weighted by atomic mass is 9.92. The molecule has 0 unspecified atom stereocenters. The van der Waals surface area contributed by atoms with Crippen molar-refractivity contribution in [3.63, 3.8) is 0 Å². The SMILES string of the molecule is CCNc1ccccc1C(=O)N[C@@H]1CCCC[C@H]1O. The molecule has 19 heavy (non-hydrogen) atoms. The molecular weight excluding hydrogens is 240 g/mol. The standard InChI is InChI=1S/C15H22N2O2/c1-2-16-12-8-4-3-7-11(12)15(19)17-13-9-5-6-10-14(13)18/h3-4,7-8,13-14,16,18H,2,5-6,9-10H2,1H3,(H,17,19)/t13-,14-/m1/s1. The monoisotopic (exact) mass is 262 g/mol. The van der Waals surface area contributed by atoms with Gasteiger partial charge >= 0.3 is 0 Å². The van der Waals surface area contributed by atoms with Crippen LogP contribution in [0.3, 0.4) is 0 Å². The van der Waals surface area contributed by atoms with E-state index in [9.17, 15) is 9.90 Å². The first-order chi connectivity index (χ1) is 9.22. The molecule has 4 heteroatoms. The Bertz CT molecular complexity index is 434. The lowest BCUT2D eigenvalue weighted by Gasteiger charge is -2.28. The summed E-state index contributed by atoms with van der Waals surface area (Å²) in [7, 11) is 0. The molecule has 3 N–H and O–H groups in total. The Balaban J connectivity index is 2.06. The summed E-state index contributed by atoms with van der Waals surface area (Å²) < 4.78 is 0. The lowest BCUT2D eigenvalue weighted by Crippen LogP contribution is -2.45. The molecule has 0 bridgehead atoms. The Morgan fingerprint density at radius 2 is 2.05 bits per heavy atom. The second-order valence-electron chi connectivity index (χ2n) is 5.01. The molecule has 0 saturated heterocycles. The molecule has 0 spiro atoms. The molecule has 0 heterocycles. The van der Waals surface area contributed by atoms with Crippen molar-refractivity contribution >= 4 is 11.6 Å². The number of nitrogens with one attached hydrogen (secondary N) is 2. The fraction of sp³-hybridized carbons (Fsp3) is 0.533. The molecule has 1 aliphatic carbocycles. The van der Waals surface area contributed by atoms with Gasteiger partial charge in [0.2, 0.25) is 0 Å². The molecule has 2 atom stereocenters. The minimum atomic E-state index is -0.413. The van der Waals surface area contributed by atoms with Crippen molar-refractivity contribution in [2.45, 2.75) is 44.8 Å². The van der Waals surface area contributed by atoms with E-state index in [0.717, 1.165) is 37.9 Å². The topological polar surface area (TPSA) is 61.4 Å². The predicted octanol–water partition coefficient (Wildman–Crippen LogP) is 2.15. The molecule has 1 fully saturated rings. The minimum absolute atomic E-state index is 0.109. The normalized spacial score (nSPS) is 22.8.